The van der Waals surface area contributed by atoms with Gasteiger partial charge in [-0.05, 0) is 19.8 Å². The zero-order valence-electron chi connectivity index (χ0n) is 10.6. The number of guanidine groups is 1. The van der Waals surface area contributed by atoms with Gasteiger partial charge in [0.25, 0.3) is 0 Å². The lowest BCUT2D eigenvalue weighted by atomic mass is 10.2. The first-order valence-electron chi connectivity index (χ1n) is 6.20. The summed E-state index contributed by atoms with van der Waals surface area (Å²) >= 11 is 0. The number of aromatic nitrogens is 2. The highest BCUT2D eigenvalue weighted by molar-refractivity contribution is 5.78. The molecule has 0 spiro atoms. The molecule has 3 N–H and O–H groups in total. The van der Waals surface area contributed by atoms with Gasteiger partial charge in [-0.15, -0.1) is 0 Å². The number of aliphatic imine (C=N–C) groups is 1. The Kier molecular flexibility index (Phi) is 3.66. The molecule has 0 aromatic carbocycles. The molecule has 0 bridgehead atoms. The van der Waals surface area contributed by atoms with Gasteiger partial charge in [-0.25, -0.2) is 4.99 Å². The molecule has 5 nitrogen and oxygen atoms in total. The van der Waals surface area contributed by atoms with E-state index in [4.69, 9.17) is 5.73 Å². The Hall–Kier alpha value is -1.52. The molecule has 1 aromatic heterocycles. The summed E-state index contributed by atoms with van der Waals surface area (Å²) in [4.78, 5) is 4.36. The summed E-state index contributed by atoms with van der Waals surface area (Å²) in [5.41, 5.74) is 8.02. The van der Waals surface area contributed by atoms with Crippen molar-refractivity contribution >= 4 is 5.96 Å². The average molecular weight is 235 g/mol. The Morgan fingerprint density at radius 1 is 1.59 bits per heavy atom. The minimum Gasteiger partial charge on any atom is -0.370 e. The molecule has 0 aliphatic heterocycles. The van der Waals surface area contributed by atoms with Crippen molar-refractivity contribution in [1.29, 1.82) is 0 Å². The van der Waals surface area contributed by atoms with Gasteiger partial charge in [0.05, 0.1) is 12.2 Å². The largest absolute Gasteiger partial charge is 0.370 e. The molecule has 17 heavy (non-hydrogen) atoms. The van der Waals surface area contributed by atoms with Crippen molar-refractivity contribution in [3.63, 3.8) is 0 Å². The Balaban J connectivity index is 1.88. The number of nitrogens with one attached hydrogen (secondary N) is 1. The first-order valence-corrected chi connectivity index (χ1v) is 6.20. The number of rotatable bonds is 3. The van der Waals surface area contributed by atoms with E-state index < -0.39 is 0 Å². The smallest absolute Gasteiger partial charge is 0.189 e. The van der Waals surface area contributed by atoms with Crippen molar-refractivity contribution in [1.82, 2.24) is 15.1 Å². The molecular weight excluding hydrogens is 214 g/mol. The topological polar surface area (TPSA) is 68.2 Å². The van der Waals surface area contributed by atoms with Crippen LogP contribution in [0.1, 0.15) is 36.9 Å². The Morgan fingerprint density at radius 2 is 2.29 bits per heavy atom. The number of hydrogen-bond donors (Lipinski definition) is 2. The molecule has 2 rings (SSSR count). The molecule has 0 amide bonds. The molecule has 0 radical (unpaired) electrons. The second kappa shape index (κ2) is 5.21. The minimum atomic E-state index is 0.522. The van der Waals surface area contributed by atoms with Crippen molar-refractivity contribution in [2.24, 2.45) is 17.8 Å². The summed E-state index contributed by atoms with van der Waals surface area (Å²) in [6, 6.07) is 0.522. The predicted molar refractivity (Wildman–Crippen MR) is 68.7 cm³/mol. The number of aryl methyl sites for hydroxylation is 2. The Bertz CT molecular complexity index is 401. The van der Waals surface area contributed by atoms with E-state index in [0.717, 1.165) is 11.3 Å². The highest BCUT2D eigenvalue weighted by atomic mass is 15.3. The van der Waals surface area contributed by atoms with Gasteiger partial charge in [-0.3, -0.25) is 4.68 Å². The van der Waals surface area contributed by atoms with E-state index in [-0.39, 0.29) is 0 Å². The molecule has 0 saturated heterocycles. The zero-order valence-corrected chi connectivity index (χ0v) is 10.6. The van der Waals surface area contributed by atoms with Crippen molar-refractivity contribution in [2.75, 3.05) is 0 Å². The Labute approximate surface area is 102 Å². The fraction of sp³-hybridized carbons (Fsp3) is 0.667. The van der Waals surface area contributed by atoms with Crippen LogP contribution >= 0.6 is 0 Å². The van der Waals surface area contributed by atoms with Gasteiger partial charge in [0.1, 0.15) is 0 Å². The van der Waals surface area contributed by atoms with Gasteiger partial charge in [0.15, 0.2) is 5.96 Å². The third kappa shape index (κ3) is 3.22. The zero-order chi connectivity index (χ0) is 12.3. The van der Waals surface area contributed by atoms with Crippen LogP contribution in [0.3, 0.4) is 0 Å². The quantitative estimate of drug-likeness (QED) is 0.608. The summed E-state index contributed by atoms with van der Waals surface area (Å²) in [6.07, 6.45) is 7.01. The SMILES string of the molecule is Cc1nn(C)cc1CN=C(N)NC1CCCC1. The normalized spacial score (nSPS) is 17.6. The molecule has 1 fully saturated rings. The lowest BCUT2D eigenvalue weighted by molar-refractivity contribution is 0.625. The second-order valence-corrected chi connectivity index (χ2v) is 4.74. The average Bonchev–Trinajstić information content (AvgIpc) is 2.86. The van der Waals surface area contributed by atoms with E-state index in [9.17, 15) is 0 Å². The van der Waals surface area contributed by atoms with E-state index in [1.807, 2.05) is 20.2 Å². The maximum absolute atomic E-state index is 5.87. The summed E-state index contributed by atoms with van der Waals surface area (Å²) in [5.74, 6) is 0.556. The summed E-state index contributed by atoms with van der Waals surface area (Å²) in [6.45, 7) is 2.59. The first-order chi connectivity index (χ1) is 8.15. The molecule has 1 aliphatic carbocycles. The molecule has 0 unspecified atom stereocenters. The number of hydrogen-bond acceptors (Lipinski definition) is 2. The van der Waals surface area contributed by atoms with Gasteiger partial charge in [0, 0.05) is 24.8 Å². The highest BCUT2D eigenvalue weighted by Crippen LogP contribution is 2.17. The summed E-state index contributed by atoms with van der Waals surface area (Å²) in [7, 11) is 1.92. The Morgan fingerprint density at radius 3 is 2.88 bits per heavy atom. The molecule has 0 atom stereocenters. The monoisotopic (exact) mass is 235 g/mol. The lowest BCUT2D eigenvalue weighted by Gasteiger charge is -2.11. The van der Waals surface area contributed by atoms with E-state index in [2.05, 4.69) is 15.4 Å². The summed E-state index contributed by atoms with van der Waals surface area (Å²) < 4.78 is 1.81. The maximum Gasteiger partial charge on any atom is 0.189 e. The van der Waals surface area contributed by atoms with Crippen LogP contribution in [-0.4, -0.2) is 21.8 Å². The van der Waals surface area contributed by atoms with Gasteiger partial charge in [-0.1, -0.05) is 12.8 Å². The third-order valence-corrected chi connectivity index (χ3v) is 3.24. The van der Waals surface area contributed by atoms with Crippen molar-refractivity contribution < 1.29 is 0 Å². The van der Waals surface area contributed by atoms with Crippen molar-refractivity contribution in [2.45, 2.75) is 45.2 Å². The molecule has 1 heterocycles. The second-order valence-electron chi connectivity index (χ2n) is 4.74. The molecule has 94 valence electrons. The van der Waals surface area contributed by atoms with Crippen LogP contribution in [0.2, 0.25) is 0 Å². The van der Waals surface area contributed by atoms with Crippen LogP contribution in [0.5, 0.6) is 0 Å². The first kappa shape index (κ1) is 12.0. The van der Waals surface area contributed by atoms with E-state index in [1.54, 1.807) is 4.68 Å². The van der Waals surface area contributed by atoms with Crippen LogP contribution in [0.15, 0.2) is 11.2 Å². The predicted octanol–water partition coefficient (Wildman–Crippen LogP) is 1.08. The van der Waals surface area contributed by atoms with E-state index in [0.29, 0.717) is 18.5 Å². The third-order valence-electron chi connectivity index (χ3n) is 3.24. The molecular formula is C12H21N5. The van der Waals surface area contributed by atoms with Crippen molar-refractivity contribution in [3.05, 3.63) is 17.5 Å². The fourth-order valence-corrected chi connectivity index (χ4v) is 2.30. The minimum absolute atomic E-state index is 0.522. The molecule has 1 aliphatic rings. The van der Waals surface area contributed by atoms with E-state index >= 15 is 0 Å². The fourth-order valence-electron chi connectivity index (χ4n) is 2.30. The highest BCUT2D eigenvalue weighted by Gasteiger charge is 2.14. The molecule has 5 heteroatoms. The van der Waals surface area contributed by atoms with Crippen LogP contribution in [0, 0.1) is 6.92 Å². The van der Waals surface area contributed by atoms with Gasteiger partial charge >= 0.3 is 0 Å². The van der Waals surface area contributed by atoms with Crippen LogP contribution in [-0.2, 0) is 13.6 Å². The van der Waals surface area contributed by atoms with Crippen LogP contribution < -0.4 is 11.1 Å². The number of nitrogens with two attached hydrogens (primary N) is 1. The van der Waals surface area contributed by atoms with Gasteiger partial charge in [0.2, 0.25) is 0 Å². The van der Waals surface area contributed by atoms with Gasteiger partial charge < -0.3 is 11.1 Å². The molecule has 1 saturated carbocycles. The number of nitrogens with zero attached hydrogens (tertiary/aromatic N) is 3. The van der Waals surface area contributed by atoms with Crippen LogP contribution in [0.4, 0.5) is 0 Å². The van der Waals surface area contributed by atoms with E-state index in [1.165, 1.54) is 25.7 Å². The standard InChI is InChI=1S/C12H21N5/c1-9-10(8-17(2)16-9)7-14-12(13)15-11-5-3-4-6-11/h8,11H,3-7H2,1-2H3,(H3,13,14,15). The maximum atomic E-state index is 5.87. The molecule has 1 aromatic rings. The summed E-state index contributed by atoms with van der Waals surface area (Å²) in [5, 5.41) is 7.55. The van der Waals surface area contributed by atoms with Gasteiger partial charge in [-0.2, -0.15) is 5.10 Å². The van der Waals surface area contributed by atoms with Crippen molar-refractivity contribution in [3.8, 4) is 0 Å². The lowest BCUT2D eigenvalue weighted by Crippen LogP contribution is -2.38. The van der Waals surface area contributed by atoms with Crippen LogP contribution in [0.25, 0.3) is 0 Å².